The maximum Gasteiger partial charge on any atom is 0.331 e. The van der Waals surface area contributed by atoms with E-state index in [2.05, 4.69) is 10.6 Å². The predicted octanol–water partition coefficient (Wildman–Crippen LogP) is 1.05. The molecule has 27 heavy (non-hydrogen) atoms. The summed E-state index contributed by atoms with van der Waals surface area (Å²) in [4.78, 5) is 35.0. The van der Waals surface area contributed by atoms with Gasteiger partial charge >= 0.3 is 5.97 Å². The van der Waals surface area contributed by atoms with Crippen molar-refractivity contribution >= 4 is 23.9 Å². The lowest BCUT2D eigenvalue weighted by Gasteiger charge is -2.12. The van der Waals surface area contributed by atoms with E-state index in [-0.39, 0.29) is 5.91 Å². The minimum atomic E-state index is -0.700. The van der Waals surface area contributed by atoms with E-state index in [9.17, 15) is 14.4 Å². The highest BCUT2D eigenvalue weighted by molar-refractivity contribution is 5.91. The number of carbonyl (C=O) groups excluding carboxylic acids is 3. The number of esters is 1. The molecule has 1 aromatic carbocycles. The van der Waals surface area contributed by atoms with Crippen molar-refractivity contribution in [3.05, 3.63) is 29.8 Å². The Labute approximate surface area is 157 Å². The lowest BCUT2D eigenvalue weighted by molar-refractivity contribution is -0.144. The zero-order chi connectivity index (χ0) is 19.6. The van der Waals surface area contributed by atoms with E-state index in [1.165, 1.54) is 6.08 Å². The Morgan fingerprint density at radius 2 is 1.96 bits per heavy atom. The third-order valence-electron chi connectivity index (χ3n) is 3.65. The second-order valence-corrected chi connectivity index (χ2v) is 5.88. The number of amides is 2. The number of likely N-dealkylation sites (N-methyl/N-ethyl adjacent to an activating group) is 1. The Morgan fingerprint density at radius 1 is 1.22 bits per heavy atom. The van der Waals surface area contributed by atoms with Crippen molar-refractivity contribution in [2.75, 3.05) is 26.4 Å². The number of benzene rings is 1. The van der Waals surface area contributed by atoms with Crippen LogP contribution in [0.25, 0.3) is 6.08 Å². The molecular weight excluding hydrogens is 352 g/mol. The van der Waals surface area contributed by atoms with Crippen LogP contribution in [0.5, 0.6) is 11.5 Å². The molecule has 8 nitrogen and oxygen atoms in total. The van der Waals surface area contributed by atoms with Crippen LogP contribution in [0, 0.1) is 0 Å². The highest BCUT2D eigenvalue weighted by Gasteiger charge is 2.15. The van der Waals surface area contributed by atoms with Gasteiger partial charge < -0.3 is 24.8 Å². The van der Waals surface area contributed by atoms with Crippen LogP contribution in [0.15, 0.2) is 24.3 Å². The second-order valence-electron chi connectivity index (χ2n) is 5.88. The molecule has 8 heteroatoms. The first-order valence-electron chi connectivity index (χ1n) is 8.81. The summed E-state index contributed by atoms with van der Waals surface area (Å²) in [6.07, 6.45) is 3.60. The van der Waals surface area contributed by atoms with Gasteiger partial charge in [-0.2, -0.15) is 0 Å². The highest BCUT2D eigenvalue weighted by Crippen LogP contribution is 2.30. The van der Waals surface area contributed by atoms with E-state index in [4.69, 9.17) is 14.2 Å². The van der Waals surface area contributed by atoms with E-state index in [0.29, 0.717) is 31.3 Å². The van der Waals surface area contributed by atoms with Crippen LogP contribution in [0.3, 0.4) is 0 Å². The summed E-state index contributed by atoms with van der Waals surface area (Å²) in [5, 5.41) is 5.04. The van der Waals surface area contributed by atoms with Gasteiger partial charge in [-0.15, -0.1) is 0 Å². The fraction of sp³-hybridized carbons (Fsp3) is 0.421. The topological polar surface area (TPSA) is 103 Å². The van der Waals surface area contributed by atoms with Crippen LogP contribution in [0.2, 0.25) is 0 Å². The molecule has 0 fully saturated rings. The van der Waals surface area contributed by atoms with Crippen molar-refractivity contribution in [3.63, 3.8) is 0 Å². The maximum atomic E-state index is 11.8. The molecular formula is C19H24N2O6. The Balaban J connectivity index is 1.80. The molecule has 1 heterocycles. The number of fused-ring (bicyclic) bond motifs is 1. The number of carbonyl (C=O) groups is 3. The summed E-state index contributed by atoms with van der Waals surface area (Å²) in [6, 6.07) is 4.64. The third kappa shape index (κ3) is 6.65. The van der Waals surface area contributed by atoms with Crippen LogP contribution >= 0.6 is 0 Å². The second kappa shape index (κ2) is 10.2. The van der Waals surface area contributed by atoms with Crippen molar-refractivity contribution in [3.8, 4) is 11.5 Å². The van der Waals surface area contributed by atoms with Crippen LogP contribution in [0.4, 0.5) is 0 Å². The molecule has 0 unspecified atom stereocenters. The third-order valence-corrected chi connectivity index (χ3v) is 3.65. The van der Waals surface area contributed by atoms with Gasteiger partial charge in [0.25, 0.3) is 5.91 Å². The molecule has 1 aromatic rings. The van der Waals surface area contributed by atoms with E-state index in [1.807, 2.05) is 0 Å². The minimum Gasteiger partial charge on any atom is -0.490 e. The van der Waals surface area contributed by atoms with Gasteiger partial charge in [0.1, 0.15) is 6.04 Å². The Kier molecular flexibility index (Phi) is 7.66. The van der Waals surface area contributed by atoms with E-state index in [1.54, 1.807) is 38.1 Å². The van der Waals surface area contributed by atoms with Crippen molar-refractivity contribution in [1.29, 1.82) is 0 Å². The lowest BCUT2D eigenvalue weighted by atomic mass is 10.2. The highest BCUT2D eigenvalue weighted by atomic mass is 16.5. The van der Waals surface area contributed by atoms with Gasteiger partial charge in [-0.3, -0.25) is 9.59 Å². The molecule has 146 valence electrons. The molecule has 2 amide bonds. The normalized spacial score (nSPS) is 14.1. The summed E-state index contributed by atoms with van der Waals surface area (Å²) < 4.78 is 16.0. The summed E-state index contributed by atoms with van der Waals surface area (Å²) in [5.41, 5.74) is 0.741. The molecule has 1 aliphatic rings. The predicted molar refractivity (Wildman–Crippen MR) is 98.3 cm³/mol. The molecule has 0 radical (unpaired) electrons. The Bertz CT molecular complexity index is 716. The van der Waals surface area contributed by atoms with Gasteiger partial charge in [-0.1, -0.05) is 6.07 Å². The number of hydrogen-bond acceptors (Lipinski definition) is 6. The fourth-order valence-electron chi connectivity index (χ4n) is 2.31. The summed E-state index contributed by atoms with van der Waals surface area (Å²) in [5.74, 6) is -0.215. The minimum absolute atomic E-state index is 0.300. The van der Waals surface area contributed by atoms with Crippen molar-refractivity contribution in [2.24, 2.45) is 0 Å². The van der Waals surface area contributed by atoms with Gasteiger partial charge in [-0.25, -0.2) is 4.79 Å². The first-order valence-corrected chi connectivity index (χ1v) is 8.81. The van der Waals surface area contributed by atoms with Crippen molar-refractivity contribution < 1.29 is 28.6 Å². The molecule has 0 saturated carbocycles. The van der Waals surface area contributed by atoms with Crippen LogP contribution in [-0.4, -0.2) is 50.2 Å². The molecule has 2 rings (SSSR count). The van der Waals surface area contributed by atoms with Crippen LogP contribution < -0.4 is 20.1 Å². The molecule has 0 bridgehead atoms. The van der Waals surface area contributed by atoms with Gasteiger partial charge in [0.15, 0.2) is 18.1 Å². The van der Waals surface area contributed by atoms with Crippen molar-refractivity contribution in [1.82, 2.24) is 10.6 Å². The largest absolute Gasteiger partial charge is 0.490 e. The number of rotatable bonds is 7. The average Bonchev–Trinajstić information content (AvgIpc) is 2.89. The zero-order valence-electron chi connectivity index (χ0n) is 15.4. The average molecular weight is 376 g/mol. The smallest absolute Gasteiger partial charge is 0.331 e. The molecule has 1 aliphatic heterocycles. The van der Waals surface area contributed by atoms with Crippen molar-refractivity contribution in [2.45, 2.75) is 26.3 Å². The number of hydrogen-bond donors (Lipinski definition) is 2. The number of nitrogens with one attached hydrogen (secondary N) is 2. The maximum absolute atomic E-state index is 11.8. The first kappa shape index (κ1) is 20.3. The van der Waals surface area contributed by atoms with E-state index >= 15 is 0 Å². The van der Waals surface area contributed by atoms with Gasteiger partial charge in [0, 0.05) is 19.0 Å². The monoisotopic (exact) mass is 376 g/mol. The summed E-state index contributed by atoms with van der Waals surface area (Å²) >= 11 is 0. The molecule has 0 aliphatic carbocycles. The van der Waals surface area contributed by atoms with E-state index < -0.39 is 24.5 Å². The van der Waals surface area contributed by atoms with E-state index in [0.717, 1.165) is 12.0 Å². The molecule has 0 spiro atoms. The summed E-state index contributed by atoms with van der Waals surface area (Å²) in [6.45, 7) is 4.52. The molecule has 0 aromatic heterocycles. The van der Waals surface area contributed by atoms with Gasteiger partial charge in [-0.05, 0) is 37.6 Å². The standard InChI is InChI=1S/C19H24N2O6/c1-3-20-19(24)13(2)21-17(22)12-27-18(23)8-6-14-5-7-15-16(11-14)26-10-4-9-25-15/h5-8,11,13H,3-4,9-10,12H2,1-2H3,(H,20,24)(H,21,22)/b8-6+/t13-/m1/s1. The summed E-state index contributed by atoms with van der Waals surface area (Å²) in [7, 11) is 0. The van der Waals surface area contributed by atoms with Crippen LogP contribution in [0.1, 0.15) is 25.8 Å². The molecule has 0 saturated heterocycles. The fourth-order valence-corrected chi connectivity index (χ4v) is 2.31. The Hall–Kier alpha value is -3.03. The first-order chi connectivity index (χ1) is 13.0. The van der Waals surface area contributed by atoms with Gasteiger partial charge in [0.05, 0.1) is 13.2 Å². The molecule has 2 N–H and O–H groups in total. The number of ether oxygens (including phenoxy) is 3. The lowest BCUT2D eigenvalue weighted by Crippen LogP contribution is -2.46. The SMILES string of the molecule is CCNC(=O)[C@@H](C)NC(=O)COC(=O)/C=C/c1ccc2c(c1)OCCCO2. The van der Waals surface area contributed by atoms with Gasteiger partial charge in [0.2, 0.25) is 5.91 Å². The Morgan fingerprint density at radius 3 is 2.70 bits per heavy atom. The molecule has 1 atom stereocenters. The quantitative estimate of drug-likeness (QED) is 0.545. The zero-order valence-corrected chi connectivity index (χ0v) is 15.4. The van der Waals surface area contributed by atoms with Crippen LogP contribution in [-0.2, 0) is 19.1 Å².